The summed E-state index contributed by atoms with van der Waals surface area (Å²) < 4.78 is 0. The Labute approximate surface area is 120 Å². The molecule has 1 fully saturated rings. The van der Waals surface area contributed by atoms with Crippen molar-refractivity contribution in [3.63, 3.8) is 0 Å². The molecule has 0 saturated heterocycles. The normalized spacial score (nSPS) is 16.3. The average Bonchev–Trinajstić information content (AvgIpc) is 2.80. The molecule has 18 heavy (non-hydrogen) atoms. The highest BCUT2D eigenvalue weighted by Crippen LogP contribution is 2.38. The Morgan fingerprint density at radius 3 is 2.56 bits per heavy atom. The third-order valence-corrected chi connectivity index (χ3v) is 3.35. The predicted molar refractivity (Wildman–Crippen MR) is 77.3 cm³/mol. The number of rotatable bonds is 3. The van der Waals surface area contributed by atoms with Crippen LogP contribution in [0.4, 0.5) is 5.69 Å². The number of anilines is 1. The van der Waals surface area contributed by atoms with Gasteiger partial charge in [0.1, 0.15) is 0 Å². The zero-order chi connectivity index (χ0) is 11.4. The standard InChI is InChI=1S/C12H17N3O.2ClH/c13-9-12(5-1-2-6-12)11(16)15-10-4-3-7-14-8-10;;/h3-4,7-8H,1-2,5-6,9,13H2,(H,15,16);2*1H. The van der Waals surface area contributed by atoms with Gasteiger partial charge < -0.3 is 11.1 Å². The zero-order valence-electron chi connectivity index (χ0n) is 10.1. The van der Waals surface area contributed by atoms with Gasteiger partial charge in [-0.1, -0.05) is 12.8 Å². The molecule has 1 heterocycles. The van der Waals surface area contributed by atoms with E-state index < -0.39 is 0 Å². The maximum Gasteiger partial charge on any atom is 0.231 e. The first-order valence-electron chi connectivity index (χ1n) is 5.68. The monoisotopic (exact) mass is 291 g/mol. The molecule has 0 aliphatic heterocycles. The highest BCUT2D eigenvalue weighted by Gasteiger charge is 2.39. The lowest BCUT2D eigenvalue weighted by molar-refractivity contribution is -0.124. The molecule has 0 bridgehead atoms. The molecule has 0 radical (unpaired) electrons. The second kappa shape index (κ2) is 7.56. The van der Waals surface area contributed by atoms with E-state index in [2.05, 4.69) is 10.3 Å². The molecule has 0 spiro atoms. The van der Waals surface area contributed by atoms with Crippen molar-refractivity contribution in [2.75, 3.05) is 11.9 Å². The van der Waals surface area contributed by atoms with E-state index in [9.17, 15) is 4.79 Å². The lowest BCUT2D eigenvalue weighted by Gasteiger charge is -2.25. The van der Waals surface area contributed by atoms with Gasteiger partial charge in [0.25, 0.3) is 0 Å². The van der Waals surface area contributed by atoms with Gasteiger partial charge in [0.15, 0.2) is 0 Å². The van der Waals surface area contributed by atoms with Crippen LogP contribution in [0.3, 0.4) is 0 Å². The van der Waals surface area contributed by atoms with Crippen molar-refractivity contribution < 1.29 is 4.79 Å². The van der Waals surface area contributed by atoms with Gasteiger partial charge in [-0.15, -0.1) is 24.8 Å². The fraction of sp³-hybridized carbons (Fsp3) is 0.500. The van der Waals surface area contributed by atoms with E-state index in [1.807, 2.05) is 6.07 Å². The van der Waals surface area contributed by atoms with E-state index in [1.165, 1.54) is 0 Å². The zero-order valence-corrected chi connectivity index (χ0v) is 11.7. The molecule has 1 aliphatic carbocycles. The molecule has 1 aliphatic rings. The maximum absolute atomic E-state index is 12.1. The molecule has 4 nitrogen and oxygen atoms in total. The SMILES string of the molecule is Cl.Cl.NCC1(C(=O)Nc2cccnc2)CCCC1. The number of nitrogens with one attached hydrogen (secondary N) is 1. The molecular formula is C12H19Cl2N3O. The summed E-state index contributed by atoms with van der Waals surface area (Å²) in [6.45, 7) is 0.430. The van der Waals surface area contributed by atoms with Crippen LogP contribution in [0, 0.1) is 5.41 Å². The Morgan fingerprint density at radius 1 is 1.39 bits per heavy atom. The van der Waals surface area contributed by atoms with E-state index in [-0.39, 0.29) is 36.1 Å². The fourth-order valence-corrected chi connectivity index (χ4v) is 2.28. The van der Waals surface area contributed by atoms with Gasteiger partial charge in [-0.2, -0.15) is 0 Å². The lowest BCUT2D eigenvalue weighted by atomic mass is 9.85. The second-order valence-electron chi connectivity index (χ2n) is 4.39. The molecule has 102 valence electrons. The highest BCUT2D eigenvalue weighted by atomic mass is 35.5. The Balaban J connectivity index is 0.00000144. The van der Waals surface area contributed by atoms with E-state index in [4.69, 9.17) is 5.73 Å². The minimum Gasteiger partial charge on any atom is -0.329 e. The maximum atomic E-state index is 12.1. The van der Waals surface area contributed by atoms with Crippen LogP contribution in [0.25, 0.3) is 0 Å². The summed E-state index contributed by atoms with van der Waals surface area (Å²) >= 11 is 0. The van der Waals surface area contributed by atoms with Crippen molar-refractivity contribution in [1.82, 2.24) is 4.98 Å². The van der Waals surface area contributed by atoms with Crippen LogP contribution >= 0.6 is 24.8 Å². The quantitative estimate of drug-likeness (QED) is 0.898. The van der Waals surface area contributed by atoms with Gasteiger partial charge in [-0.05, 0) is 25.0 Å². The Hall–Kier alpha value is -0.840. The molecule has 2 rings (SSSR count). The van der Waals surface area contributed by atoms with Gasteiger partial charge in [0, 0.05) is 12.7 Å². The largest absolute Gasteiger partial charge is 0.329 e. The fourth-order valence-electron chi connectivity index (χ4n) is 2.28. The first-order chi connectivity index (χ1) is 7.77. The van der Waals surface area contributed by atoms with E-state index >= 15 is 0 Å². The number of nitrogens with two attached hydrogens (primary N) is 1. The van der Waals surface area contributed by atoms with E-state index in [0.717, 1.165) is 31.4 Å². The number of hydrogen-bond donors (Lipinski definition) is 2. The van der Waals surface area contributed by atoms with Crippen LogP contribution in [0.15, 0.2) is 24.5 Å². The van der Waals surface area contributed by atoms with Crippen LogP contribution in [-0.2, 0) is 4.79 Å². The smallest absolute Gasteiger partial charge is 0.231 e. The van der Waals surface area contributed by atoms with Crippen LogP contribution in [0.5, 0.6) is 0 Å². The topological polar surface area (TPSA) is 68.0 Å². The first-order valence-corrected chi connectivity index (χ1v) is 5.68. The number of pyridine rings is 1. The van der Waals surface area contributed by atoms with Crippen molar-refractivity contribution in [3.05, 3.63) is 24.5 Å². The van der Waals surface area contributed by atoms with E-state index in [1.54, 1.807) is 18.5 Å². The van der Waals surface area contributed by atoms with Crippen molar-refractivity contribution in [2.24, 2.45) is 11.1 Å². The van der Waals surface area contributed by atoms with Gasteiger partial charge in [0.05, 0.1) is 17.3 Å². The molecule has 1 amide bonds. The van der Waals surface area contributed by atoms with Gasteiger partial charge in [-0.25, -0.2) is 0 Å². The Bertz CT molecular complexity index is 367. The molecule has 0 unspecified atom stereocenters. The highest BCUT2D eigenvalue weighted by molar-refractivity contribution is 5.95. The first kappa shape index (κ1) is 17.2. The molecule has 6 heteroatoms. The second-order valence-corrected chi connectivity index (χ2v) is 4.39. The van der Waals surface area contributed by atoms with Crippen molar-refractivity contribution in [1.29, 1.82) is 0 Å². The van der Waals surface area contributed by atoms with Crippen molar-refractivity contribution in [3.8, 4) is 0 Å². The molecule has 1 aromatic rings. The average molecular weight is 292 g/mol. The summed E-state index contributed by atoms with van der Waals surface area (Å²) in [6, 6.07) is 3.64. The van der Waals surface area contributed by atoms with Gasteiger partial charge >= 0.3 is 0 Å². The van der Waals surface area contributed by atoms with Crippen LogP contribution in [0.2, 0.25) is 0 Å². The third-order valence-electron chi connectivity index (χ3n) is 3.35. The minimum absolute atomic E-state index is 0. The summed E-state index contributed by atoms with van der Waals surface area (Å²) in [4.78, 5) is 16.1. The number of amides is 1. The minimum atomic E-state index is -0.351. The molecule has 1 saturated carbocycles. The number of carbonyl (C=O) groups is 1. The number of aromatic nitrogens is 1. The molecule has 0 atom stereocenters. The Morgan fingerprint density at radius 2 is 2.06 bits per heavy atom. The number of halogens is 2. The summed E-state index contributed by atoms with van der Waals surface area (Å²) in [5.74, 6) is 0.0421. The predicted octanol–water partition coefficient (Wildman–Crippen LogP) is 2.38. The van der Waals surface area contributed by atoms with E-state index in [0.29, 0.717) is 6.54 Å². The third kappa shape index (κ3) is 3.57. The summed E-state index contributed by atoms with van der Waals surface area (Å²) in [5, 5.41) is 2.89. The molecule has 3 N–H and O–H groups in total. The molecule has 0 aromatic carbocycles. The van der Waals surface area contributed by atoms with Crippen LogP contribution in [-0.4, -0.2) is 17.4 Å². The van der Waals surface area contributed by atoms with Crippen LogP contribution in [0.1, 0.15) is 25.7 Å². The number of nitrogens with zero attached hydrogens (tertiary/aromatic N) is 1. The summed E-state index contributed by atoms with van der Waals surface area (Å²) in [6.07, 6.45) is 7.32. The molecule has 1 aromatic heterocycles. The van der Waals surface area contributed by atoms with Crippen LogP contribution < -0.4 is 11.1 Å². The number of carbonyl (C=O) groups excluding carboxylic acids is 1. The Kier molecular flexibility index (Phi) is 7.21. The van der Waals surface area contributed by atoms with Gasteiger partial charge in [-0.3, -0.25) is 9.78 Å². The summed E-state index contributed by atoms with van der Waals surface area (Å²) in [5.41, 5.74) is 6.14. The van der Waals surface area contributed by atoms with Crippen molar-refractivity contribution >= 4 is 36.4 Å². The molecular weight excluding hydrogens is 273 g/mol. The van der Waals surface area contributed by atoms with Gasteiger partial charge in [0.2, 0.25) is 5.91 Å². The van der Waals surface area contributed by atoms with Crippen molar-refractivity contribution in [2.45, 2.75) is 25.7 Å². The lowest BCUT2D eigenvalue weighted by Crippen LogP contribution is -2.40. The number of hydrogen-bond acceptors (Lipinski definition) is 3. The summed E-state index contributed by atoms with van der Waals surface area (Å²) in [7, 11) is 0.